The Labute approximate surface area is 141 Å². The number of allylic oxidation sites excluding steroid dienone is 3. The standard InChI is InChI=1S/C17H22BrNO2S/c1-12(2)6-7-14-4-3-5-16(17(14)22(19,20)21)13-8-10-15(18)11-9-13/h5,8-12H,3-4,6-7H2,1-2H3,(H2,19,20,21). The molecule has 1 aliphatic carbocycles. The van der Waals surface area contributed by atoms with Crippen molar-refractivity contribution in [1.82, 2.24) is 0 Å². The lowest BCUT2D eigenvalue weighted by molar-refractivity contribution is 0.574. The van der Waals surface area contributed by atoms with Crippen LogP contribution in [0, 0.1) is 5.92 Å². The van der Waals surface area contributed by atoms with Crippen LogP contribution in [0.15, 0.2) is 45.3 Å². The van der Waals surface area contributed by atoms with Crippen LogP contribution in [-0.2, 0) is 10.0 Å². The van der Waals surface area contributed by atoms with E-state index >= 15 is 0 Å². The van der Waals surface area contributed by atoms with Crippen LogP contribution in [-0.4, -0.2) is 8.42 Å². The summed E-state index contributed by atoms with van der Waals surface area (Å²) < 4.78 is 25.3. The van der Waals surface area contributed by atoms with E-state index < -0.39 is 10.0 Å². The maximum Gasteiger partial charge on any atom is 0.238 e. The van der Waals surface area contributed by atoms with E-state index in [0.29, 0.717) is 10.8 Å². The van der Waals surface area contributed by atoms with Crippen molar-refractivity contribution in [2.75, 3.05) is 0 Å². The summed E-state index contributed by atoms with van der Waals surface area (Å²) in [6, 6.07) is 7.68. The fourth-order valence-corrected chi connectivity index (χ4v) is 4.10. The number of hydrogen-bond donors (Lipinski definition) is 1. The average molecular weight is 384 g/mol. The zero-order valence-electron chi connectivity index (χ0n) is 13.0. The lowest BCUT2D eigenvalue weighted by Gasteiger charge is -2.21. The number of rotatable bonds is 5. The van der Waals surface area contributed by atoms with Gasteiger partial charge >= 0.3 is 0 Å². The highest BCUT2D eigenvalue weighted by Crippen LogP contribution is 2.37. The second-order valence-electron chi connectivity index (χ2n) is 6.07. The van der Waals surface area contributed by atoms with Gasteiger partial charge in [-0.15, -0.1) is 0 Å². The van der Waals surface area contributed by atoms with Crippen molar-refractivity contribution in [3.63, 3.8) is 0 Å². The molecule has 1 aromatic rings. The summed E-state index contributed by atoms with van der Waals surface area (Å²) in [5, 5.41) is 5.53. The number of benzene rings is 1. The van der Waals surface area contributed by atoms with Gasteiger partial charge in [0.2, 0.25) is 10.0 Å². The van der Waals surface area contributed by atoms with Gasteiger partial charge in [0.1, 0.15) is 0 Å². The summed E-state index contributed by atoms with van der Waals surface area (Å²) >= 11 is 3.40. The predicted octanol–water partition coefficient (Wildman–Crippen LogP) is 4.61. The van der Waals surface area contributed by atoms with E-state index in [9.17, 15) is 8.42 Å². The molecule has 3 nitrogen and oxygen atoms in total. The third-order valence-corrected chi connectivity index (χ3v) is 5.43. The van der Waals surface area contributed by atoms with Gasteiger partial charge in [-0.3, -0.25) is 0 Å². The zero-order chi connectivity index (χ0) is 16.3. The van der Waals surface area contributed by atoms with Crippen LogP contribution >= 0.6 is 15.9 Å². The summed E-state index contributed by atoms with van der Waals surface area (Å²) in [4.78, 5) is 0.335. The van der Waals surface area contributed by atoms with Crippen LogP contribution in [0.25, 0.3) is 5.57 Å². The van der Waals surface area contributed by atoms with Gasteiger partial charge in [0.25, 0.3) is 0 Å². The van der Waals surface area contributed by atoms with Crippen molar-refractivity contribution in [2.24, 2.45) is 11.1 Å². The minimum atomic E-state index is -3.73. The molecule has 1 aliphatic rings. The van der Waals surface area contributed by atoms with Gasteiger partial charge in [0.15, 0.2) is 0 Å². The van der Waals surface area contributed by atoms with E-state index in [2.05, 4.69) is 29.8 Å². The maximum atomic E-state index is 12.2. The summed E-state index contributed by atoms with van der Waals surface area (Å²) in [5.41, 5.74) is 2.62. The van der Waals surface area contributed by atoms with Gasteiger partial charge in [0.05, 0.1) is 4.91 Å². The van der Waals surface area contributed by atoms with Crippen molar-refractivity contribution in [3.8, 4) is 0 Å². The van der Waals surface area contributed by atoms with Gasteiger partial charge in [-0.05, 0) is 60.4 Å². The molecule has 22 heavy (non-hydrogen) atoms. The summed E-state index contributed by atoms with van der Waals surface area (Å²) in [6.07, 6.45) is 5.39. The third-order valence-electron chi connectivity index (χ3n) is 3.82. The first-order chi connectivity index (χ1) is 10.3. The van der Waals surface area contributed by atoms with E-state index in [-0.39, 0.29) is 0 Å². The first-order valence-electron chi connectivity index (χ1n) is 7.50. The van der Waals surface area contributed by atoms with Crippen molar-refractivity contribution in [3.05, 3.63) is 50.9 Å². The average Bonchev–Trinajstić information content (AvgIpc) is 2.44. The number of primary sulfonamides is 1. The Hall–Kier alpha value is -0.910. The van der Waals surface area contributed by atoms with Crippen molar-refractivity contribution >= 4 is 31.5 Å². The van der Waals surface area contributed by atoms with Crippen LogP contribution < -0.4 is 5.14 Å². The Bertz CT molecular complexity index is 701. The lowest BCUT2D eigenvalue weighted by atomic mass is 9.90. The Balaban J connectivity index is 2.47. The molecule has 5 heteroatoms. The SMILES string of the molecule is CC(C)CCC1=C(S(N)(=O)=O)C(c2ccc(Br)cc2)=CCC1. The third kappa shape index (κ3) is 4.31. The quantitative estimate of drug-likeness (QED) is 0.806. The van der Waals surface area contributed by atoms with Gasteiger partial charge < -0.3 is 0 Å². The van der Waals surface area contributed by atoms with E-state index in [1.165, 1.54) is 0 Å². The van der Waals surface area contributed by atoms with Gasteiger partial charge in [-0.2, -0.15) is 0 Å². The van der Waals surface area contributed by atoms with Crippen LogP contribution in [0.4, 0.5) is 0 Å². The van der Waals surface area contributed by atoms with E-state index in [0.717, 1.165) is 46.9 Å². The molecule has 0 bridgehead atoms. The molecule has 0 saturated heterocycles. The van der Waals surface area contributed by atoms with Gasteiger partial charge in [0, 0.05) is 4.47 Å². The Morgan fingerprint density at radius 2 is 1.86 bits per heavy atom. The molecular formula is C17H22BrNO2S. The topological polar surface area (TPSA) is 60.2 Å². The molecule has 0 fully saturated rings. The number of sulfonamides is 1. The van der Waals surface area contributed by atoms with Crippen LogP contribution in [0.1, 0.15) is 45.1 Å². The summed E-state index contributed by atoms with van der Waals surface area (Å²) in [5.74, 6) is 0.538. The number of halogens is 1. The highest BCUT2D eigenvalue weighted by Gasteiger charge is 2.25. The molecular weight excluding hydrogens is 362 g/mol. The number of hydrogen-bond acceptors (Lipinski definition) is 2. The molecule has 0 spiro atoms. The molecule has 0 amide bonds. The molecule has 0 aromatic heterocycles. The zero-order valence-corrected chi connectivity index (χ0v) is 15.4. The van der Waals surface area contributed by atoms with Crippen LogP contribution in [0.2, 0.25) is 0 Å². The summed E-state index contributed by atoms with van der Waals surface area (Å²) in [7, 11) is -3.73. The van der Waals surface area contributed by atoms with Crippen LogP contribution in [0.3, 0.4) is 0 Å². The molecule has 120 valence electrons. The van der Waals surface area contributed by atoms with E-state index in [4.69, 9.17) is 5.14 Å². The second kappa shape index (κ2) is 7.11. The molecule has 0 heterocycles. The first-order valence-corrected chi connectivity index (χ1v) is 9.84. The van der Waals surface area contributed by atoms with Gasteiger partial charge in [-0.1, -0.05) is 48.0 Å². The summed E-state index contributed by atoms with van der Waals surface area (Å²) in [6.45, 7) is 4.29. The lowest BCUT2D eigenvalue weighted by Crippen LogP contribution is -2.19. The Morgan fingerprint density at radius 1 is 1.23 bits per heavy atom. The van der Waals surface area contributed by atoms with Gasteiger partial charge in [-0.25, -0.2) is 13.6 Å². The smallest absolute Gasteiger partial charge is 0.225 e. The normalized spacial score (nSPS) is 16.1. The number of nitrogens with two attached hydrogens (primary N) is 1. The highest BCUT2D eigenvalue weighted by molar-refractivity contribution is 9.10. The molecule has 0 saturated carbocycles. The second-order valence-corrected chi connectivity index (χ2v) is 8.49. The minimum absolute atomic E-state index is 0.335. The molecule has 2 rings (SSSR count). The molecule has 0 atom stereocenters. The molecule has 0 aliphatic heterocycles. The maximum absolute atomic E-state index is 12.2. The molecule has 1 aromatic carbocycles. The predicted molar refractivity (Wildman–Crippen MR) is 95.6 cm³/mol. The molecule has 0 unspecified atom stereocenters. The Kier molecular flexibility index (Phi) is 5.64. The van der Waals surface area contributed by atoms with Crippen molar-refractivity contribution < 1.29 is 8.42 Å². The minimum Gasteiger partial charge on any atom is -0.225 e. The molecule has 0 radical (unpaired) electrons. The highest BCUT2D eigenvalue weighted by atomic mass is 79.9. The van der Waals surface area contributed by atoms with E-state index in [1.807, 2.05) is 30.3 Å². The van der Waals surface area contributed by atoms with E-state index in [1.54, 1.807) is 0 Å². The van der Waals surface area contributed by atoms with Crippen molar-refractivity contribution in [1.29, 1.82) is 0 Å². The largest absolute Gasteiger partial charge is 0.238 e. The van der Waals surface area contributed by atoms with Crippen molar-refractivity contribution in [2.45, 2.75) is 39.5 Å². The fraction of sp³-hybridized carbons (Fsp3) is 0.412. The first kappa shape index (κ1) is 17.4. The Morgan fingerprint density at radius 3 is 2.41 bits per heavy atom. The molecule has 2 N–H and O–H groups in total. The monoisotopic (exact) mass is 383 g/mol. The van der Waals surface area contributed by atoms with Crippen LogP contribution in [0.5, 0.6) is 0 Å². The fourth-order valence-electron chi connectivity index (χ4n) is 2.72.